The molecule has 0 bridgehead atoms. The molecule has 0 aliphatic carbocycles. The summed E-state index contributed by atoms with van der Waals surface area (Å²) in [6.07, 6.45) is 0.758. The maximum atomic E-state index is 13.1. The van der Waals surface area contributed by atoms with E-state index in [1.165, 1.54) is 10.4 Å². The Labute approximate surface area is 133 Å². The first-order valence-electron chi connectivity index (χ1n) is 6.03. The van der Waals surface area contributed by atoms with E-state index >= 15 is 0 Å². The predicted octanol–water partition coefficient (Wildman–Crippen LogP) is 2.37. The molecule has 1 saturated heterocycles. The van der Waals surface area contributed by atoms with Crippen molar-refractivity contribution in [3.8, 4) is 0 Å². The minimum Gasteiger partial charge on any atom is -0.330 e. The van der Waals surface area contributed by atoms with Crippen molar-refractivity contribution in [2.45, 2.75) is 24.3 Å². The average molecular weight is 388 g/mol. The van der Waals surface area contributed by atoms with Gasteiger partial charge >= 0.3 is 0 Å². The second kappa shape index (κ2) is 6.70. The van der Waals surface area contributed by atoms with E-state index in [1.54, 1.807) is 0 Å². The molecule has 1 aromatic carbocycles. The first-order chi connectivity index (χ1) is 8.86. The number of sulfonamides is 1. The molecule has 1 aliphatic rings. The van der Waals surface area contributed by atoms with Crippen LogP contribution in [0.15, 0.2) is 27.6 Å². The lowest BCUT2D eigenvalue weighted by molar-refractivity contribution is 0.404. The number of hydrogen-bond acceptors (Lipinski definition) is 3. The fourth-order valence-electron chi connectivity index (χ4n) is 2.43. The summed E-state index contributed by atoms with van der Waals surface area (Å²) < 4.78 is 39.9. The van der Waals surface area contributed by atoms with Crippen LogP contribution in [0.4, 0.5) is 4.39 Å². The molecule has 0 saturated carbocycles. The smallest absolute Gasteiger partial charge is 0.244 e. The molecule has 0 radical (unpaired) electrons. The van der Waals surface area contributed by atoms with E-state index in [9.17, 15) is 12.8 Å². The van der Waals surface area contributed by atoms with E-state index in [-0.39, 0.29) is 33.7 Å². The number of hydrogen-bond donors (Lipinski definition) is 1. The summed E-state index contributed by atoms with van der Waals surface area (Å²) in [7, 11) is -3.61. The summed E-state index contributed by atoms with van der Waals surface area (Å²) in [5, 5.41) is 0. The van der Waals surface area contributed by atoms with Crippen molar-refractivity contribution in [3.63, 3.8) is 0 Å². The molecular formula is C12H17BrClFN2O2S. The number of benzene rings is 1. The summed E-state index contributed by atoms with van der Waals surface area (Å²) in [5.41, 5.74) is 5.61. The van der Waals surface area contributed by atoms with Gasteiger partial charge in [-0.15, -0.1) is 12.4 Å². The molecule has 2 rings (SSSR count). The molecule has 0 amide bonds. The molecule has 2 atom stereocenters. The van der Waals surface area contributed by atoms with Gasteiger partial charge in [0.15, 0.2) is 0 Å². The molecular weight excluding hydrogens is 371 g/mol. The Morgan fingerprint density at radius 3 is 2.65 bits per heavy atom. The third kappa shape index (κ3) is 3.33. The zero-order valence-corrected chi connectivity index (χ0v) is 14.1. The minimum absolute atomic E-state index is 0. The molecule has 8 heteroatoms. The van der Waals surface area contributed by atoms with E-state index < -0.39 is 15.8 Å². The number of nitrogens with zero attached hydrogens (tertiary/aromatic N) is 1. The molecule has 1 fully saturated rings. The molecule has 114 valence electrons. The van der Waals surface area contributed by atoms with Gasteiger partial charge in [-0.2, -0.15) is 4.31 Å². The maximum absolute atomic E-state index is 13.1. The maximum Gasteiger partial charge on any atom is 0.244 e. The van der Waals surface area contributed by atoms with Gasteiger partial charge < -0.3 is 5.73 Å². The molecule has 2 unspecified atom stereocenters. The largest absolute Gasteiger partial charge is 0.330 e. The Morgan fingerprint density at radius 2 is 2.15 bits per heavy atom. The minimum atomic E-state index is -3.61. The molecule has 1 aliphatic heterocycles. The van der Waals surface area contributed by atoms with Crippen LogP contribution in [-0.2, 0) is 10.0 Å². The van der Waals surface area contributed by atoms with Crippen molar-refractivity contribution in [2.24, 2.45) is 11.7 Å². The van der Waals surface area contributed by atoms with Gasteiger partial charge in [0.1, 0.15) is 5.82 Å². The van der Waals surface area contributed by atoms with Gasteiger partial charge in [0.25, 0.3) is 0 Å². The molecule has 4 nitrogen and oxygen atoms in total. The van der Waals surface area contributed by atoms with E-state index in [0.717, 1.165) is 18.6 Å². The first kappa shape index (κ1) is 17.8. The zero-order valence-electron chi connectivity index (χ0n) is 10.9. The molecule has 0 aromatic heterocycles. The molecule has 0 spiro atoms. The van der Waals surface area contributed by atoms with E-state index in [4.69, 9.17) is 5.73 Å². The van der Waals surface area contributed by atoms with Crippen molar-refractivity contribution in [1.29, 1.82) is 0 Å². The van der Waals surface area contributed by atoms with Crippen LogP contribution < -0.4 is 5.73 Å². The molecule has 20 heavy (non-hydrogen) atoms. The highest BCUT2D eigenvalue weighted by Crippen LogP contribution is 2.32. The lowest BCUT2D eigenvalue weighted by Crippen LogP contribution is -2.34. The van der Waals surface area contributed by atoms with Crippen LogP contribution in [0.1, 0.15) is 13.3 Å². The summed E-state index contributed by atoms with van der Waals surface area (Å²) in [6.45, 7) is 2.76. The Morgan fingerprint density at radius 1 is 1.50 bits per heavy atom. The van der Waals surface area contributed by atoms with Gasteiger partial charge in [-0.3, -0.25) is 0 Å². The van der Waals surface area contributed by atoms with Crippen molar-refractivity contribution in [2.75, 3.05) is 13.1 Å². The summed E-state index contributed by atoms with van der Waals surface area (Å²) in [6, 6.07) is 3.51. The fraction of sp³-hybridized carbons (Fsp3) is 0.500. The quantitative estimate of drug-likeness (QED) is 0.866. The third-order valence-corrected chi connectivity index (χ3v) is 6.37. The van der Waals surface area contributed by atoms with Crippen molar-refractivity contribution in [1.82, 2.24) is 4.31 Å². The van der Waals surface area contributed by atoms with Gasteiger partial charge in [-0.05, 0) is 59.9 Å². The summed E-state index contributed by atoms with van der Waals surface area (Å²) >= 11 is 3.11. The highest BCUT2D eigenvalue weighted by molar-refractivity contribution is 9.10. The fourth-order valence-corrected chi connectivity index (χ4v) is 5.15. The van der Waals surface area contributed by atoms with Crippen LogP contribution >= 0.6 is 28.3 Å². The van der Waals surface area contributed by atoms with Crippen LogP contribution in [0.3, 0.4) is 0 Å². The Bertz CT molecular complexity index is 585. The van der Waals surface area contributed by atoms with Crippen LogP contribution in [0.25, 0.3) is 0 Å². The van der Waals surface area contributed by atoms with E-state index in [1.807, 2.05) is 6.92 Å². The van der Waals surface area contributed by atoms with Crippen molar-refractivity contribution < 1.29 is 12.8 Å². The highest BCUT2D eigenvalue weighted by atomic mass is 79.9. The third-order valence-electron chi connectivity index (χ3n) is 3.42. The van der Waals surface area contributed by atoms with Crippen molar-refractivity contribution in [3.05, 3.63) is 28.5 Å². The van der Waals surface area contributed by atoms with Gasteiger partial charge in [-0.1, -0.05) is 0 Å². The zero-order chi connectivity index (χ0) is 14.2. The summed E-state index contributed by atoms with van der Waals surface area (Å²) in [4.78, 5) is 0.0958. The van der Waals surface area contributed by atoms with Crippen LogP contribution in [0, 0.1) is 11.7 Å². The standard InChI is InChI=1S/C12H16BrFN2O2S.ClH/c1-8-4-9(6-15)7-16(8)19(17,18)12-3-2-10(14)5-11(12)13;/h2-3,5,8-9H,4,6-7,15H2,1H3;1H. The highest BCUT2D eigenvalue weighted by Gasteiger charge is 2.38. The Kier molecular flexibility index (Phi) is 5.98. The number of rotatable bonds is 3. The topological polar surface area (TPSA) is 63.4 Å². The van der Waals surface area contributed by atoms with E-state index in [0.29, 0.717) is 13.1 Å². The van der Waals surface area contributed by atoms with Crippen LogP contribution in [0.2, 0.25) is 0 Å². The van der Waals surface area contributed by atoms with Gasteiger partial charge in [0.2, 0.25) is 10.0 Å². The van der Waals surface area contributed by atoms with Gasteiger partial charge in [0, 0.05) is 17.1 Å². The number of nitrogens with two attached hydrogens (primary N) is 1. The lowest BCUT2D eigenvalue weighted by atomic mass is 10.1. The molecule has 1 aromatic rings. The predicted molar refractivity (Wildman–Crippen MR) is 81.9 cm³/mol. The van der Waals surface area contributed by atoms with Gasteiger partial charge in [-0.25, -0.2) is 12.8 Å². The van der Waals surface area contributed by atoms with Crippen LogP contribution in [-0.4, -0.2) is 31.9 Å². The van der Waals surface area contributed by atoms with Crippen molar-refractivity contribution >= 4 is 38.4 Å². The molecule has 2 N–H and O–H groups in total. The Balaban J connectivity index is 0.00000200. The second-order valence-electron chi connectivity index (χ2n) is 4.84. The lowest BCUT2D eigenvalue weighted by Gasteiger charge is -2.21. The van der Waals surface area contributed by atoms with E-state index in [2.05, 4.69) is 15.9 Å². The van der Waals surface area contributed by atoms with Gasteiger partial charge in [0.05, 0.1) is 4.90 Å². The van der Waals surface area contributed by atoms with Crippen LogP contribution in [0.5, 0.6) is 0 Å². The normalized spacial score (nSPS) is 23.6. The average Bonchev–Trinajstić information content (AvgIpc) is 2.70. The monoisotopic (exact) mass is 386 g/mol. The second-order valence-corrected chi connectivity index (χ2v) is 7.55. The molecule has 1 heterocycles. The SMILES string of the molecule is CC1CC(CN)CN1S(=O)(=O)c1ccc(F)cc1Br.Cl. The Hall–Kier alpha value is -0.210. The first-order valence-corrected chi connectivity index (χ1v) is 8.26. The summed E-state index contributed by atoms with van der Waals surface area (Å²) in [5.74, 6) is -0.288. The number of halogens is 3.